The summed E-state index contributed by atoms with van der Waals surface area (Å²) in [6.07, 6.45) is 5.98. The molecule has 0 saturated carbocycles. The van der Waals surface area contributed by atoms with Crippen molar-refractivity contribution in [2.45, 2.75) is 39.0 Å². The molecule has 0 bridgehead atoms. The molecule has 5 nitrogen and oxygen atoms in total. The van der Waals surface area contributed by atoms with Gasteiger partial charge in [-0.2, -0.15) is 0 Å². The second kappa shape index (κ2) is 6.28. The molecule has 0 saturated heterocycles. The van der Waals surface area contributed by atoms with Crippen LogP contribution in [-0.4, -0.2) is 0 Å². The normalized spacial score (nSPS) is 14.6. The highest BCUT2D eigenvalue weighted by Crippen LogP contribution is 2.22. The topological polar surface area (TPSA) is 104 Å². The van der Waals surface area contributed by atoms with Crippen LogP contribution in [0.2, 0.25) is 0 Å². The molecular formula is C11H15ClO5. The first kappa shape index (κ1) is 14.3. The molecule has 96 valence electrons. The molecule has 1 aromatic rings. The van der Waals surface area contributed by atoms with Gasteiger partial charge in [0.15, 0.2) is 0 Å². The quantitative estimate of drug-likeness (QED) is 0.558. The monoisotopic (exact) mass is 262 g/mol. The van der Waals surface area contributed by atoms with Gasteiger partial charge in [-0.25, -0.2) is 23.1 Å². The van der Waals surface area contributed by atoms with E-state index >= 15 is 0 Å². The highest BCUT2D eigenvalue weighted by molar-refractivity contribution is 5.21. The largest absolute Gasteiger partial charge is 0.332 e. The predicted octanol–water partition coefficient (Wildman–Crippen LogP) is -1.75. The molecule has 0 unspecified atom stereocenters. The Labute approximate surface area is 102 Å². The van der Waals surface area contributed by atoms with Crippen LogP contribution in [0.1, 0.15) is 36.8 Å². The third-order valence-corrected chi connectivity index (χ3v) is 2.53. The van der Waals surface area contributed by atoms with E-state index in [1.54, 1.807) is 0 Å². The average molecular weight is 263 g/mol. The Balaban J connectivity index is 0.000000249. The average Bonchev–Trinajstić information content (AvgIpc) is 2.26. The van der Waals surface area contributed by atoms with Gasteiger partial charge >= 0.3 is 11.5 Å². The van der Waals surface area contributed by atoms with Gasteiger partial charge in [0.05, 0.1) is 18.4 Å². The van der Waals surface area contributed by atoms with Crippen LogP contribution in [0.4, 0.5) is 0 Å². The summed E-state index contributed by atoms with van der Waals surface area (Å²) in [4.78, 5) is 0. The Morgan fingerprint density at radius 3 is 2.29 bits per heavy atom. The van der Waals surface area contributed by atoms with Crippen LogP contribution in [0, 0.1) is 10.2 Å². The van der Waals surface area contributed by atoms with Crippen LogP contribution in [0.5, 0.6) is 0 Å². The van der Waals surface area contributed by atoms with Gasteiger partial charge in [0.1, 0.15) is 0 Å². The van der Waals surface area contributed by atoms with Crippen LogP contribution in [-0.2, 0) is 19.3 Å². The SMILES string of the molecule is CCc1ccc2c([o+]1)CCCC2.[O-][Cl+3]([O-])([O-])[O-]. The molecule has 0 spiro atoms. The minimum absolute atomic E-state index is 1.01. The van der Waals surface area contributed by atoms with Gasteiger partial charge in [-0.1, -0.05) is 6.92 Å². The predicted molar refractivity (Wildman–Crippen MR) is 49.1 cm³/mol. The zero-order chi connectivity index (χ0) is 12.9. The van der Waals surface area contributed by atoms with Gasteiger partial charge in [-0.3, -0.25) is 0 Å². The van der Waals surface area contributed by atoms with Crippen LogP contribution >= 0.6 is 0 Å². The number of hydrogen-bond donors (Lipinski definition) is 0. The Morgan fingerprint density at radius 1 is 1.12 bits per heavy atom. The van der Waals surface area contributed by atoms with E-state index in [9.17, 15) is 0 Å². The fourth-order valence-electron chi connectivity index (χ4n) is 1.77. The maximum absolute atomic E-state index is 8.49. The summed E-state index contributed by atoms with van der Waals surface area (Å²) >= 11 is 0. The molecule has 0 atom stereocenters. The number of rotatable bonds is 1. The molecule has 1 heterocycles. The molecule has 0 N–H and O–H groups in total. The van der Waals surface area contributed by atoms with Crippen molar-refractivity contribution >= 4 is 0 Å². The summed E-state index contributed by atoms with van der Waals surface area (Å²) in [5.41, 5.74) is 1.43. The Kier molecular flexibility index (Phi) is 5.30. The van der Waals surface area contributed by atoms with Crippen molar-refractivity contribution < 1.29 is 33.3 Å². The van der Waals surface area contributed by atoms with E-state index in [1.807, 2.05) is 0 Å². The molecule has 0 radical (unpaired) electrons. The Hall–Kier alpha value is -0.720. The standard InChI is InChI=1S/C11H15O.ClHO4/c1-2-10-8-7-9-5-3-4-6-11(9)12-10;2-1(3,4)5/h7-8H,2-6H2,1H3;(H,2,3,4,5)/q+1;/p-1. The minimum atomic E-state index is -4.94. The molecule has 0 aromatic carbocycles. The smallest absolute Gasteiger partial charge is 0.222 e. The van der Waals surface area contributed by atoms with Gasteiger partial charge < -0.3 is 0 Å². The highest BCUT2D eigenvalue weighted by Gasteiger charge is 2.20. The van der Waals surface area contributed by atoms with Gasteiger partial charge in [0.2, 0.25) is 0 Å². The molecule has 0 fully saturated rings. The number of fused-ring (bicyclic) bond motifs is 1. The van der Waals surface area contributed by atoms with E-state index in [0.29, 0.717) is 0 Å². The molecule has 2 rings (SSSR count). The van der Waals surface area contributed by atoms with Gasteiger partial charge in [-0.05, 0) is 25.3 Å². The molecule has 0 amide bonds. The summed E-state index contributed by atoms with van der Waals surface area (Å²) in [6.45, 7) is 2.13. The van der Waals surface area contributed by atoms with Crippen LogP contribution < -0.4 is 18.6 Å². The Bertz CT molecular complexity index is 355. The lowest BCUT2D eigenvalue weighted by atomic mass is 9.97. The van der Waals surface area contributed by atoms with Crippen LogP contribution in [0.15, 0.2) is 16.5 Å². The van der Waals surface area contributed by atoms with E-state index in [2.05, 4.69) is 19.1 Å². The van der Waals surface area contributed by atoms with E-state index in [0.717, 1.165) is 18.6 Å². The molecule has 1 aliphatic rings. The van der Waals surface area contributed by atoms with Crippen molar-refractivity contribution in [3.05, 3.63) is 29.2 Å². The molecule has 0 aliphatic heterocycles. The molecule has 17 heavy (non-hydrogen) atoms. The van der Waals surface area contributed by atoms with E-state index in [1.165, 1.54) is 30.6 Å². The van der Waals surface area contributed by atoms with Gasteiger partial charge in [-0.15, -0.1) is 10.2 Å². The number of aryl methyl sites for hydroxylation is 3. The molecular weight excluding hydrogens is 248 g/mol. The minimum Gasteiger partial charge on any atom is -0.222 e. The highest BCUT2D eigenvalue weighted by atomic mass is 35.7. The first-order valence-corrected chi connectivity index (χ1v) is 6.69. The lowest BCUT2D eigenvalue weighted by molar-refractivity contribution is -2.00. The molecule has 1 aliphatic carbocycles. The lowest BCUT2D eigenvalue weighted by Crippen LogP contribution is -2.68. The Morgan fingerprint density at radius 2 is 1.71 bits per heavy atom. The van der Waals surface area contributed by atoms with Gasteiger partial charge in [0, 0.05) is 6.07 Å². The van der Waals surface area contributed by atoms with E-state index < -0.39 is 10.2 Å². The summed E-state index contributed by atoms with van der Waals surface area (Å²) in [5, 5.41) is 0. The first-order valence-electron chi connectivity index (χ1n) is 5.45. The fraction of sp³-hybridized carbons (Fsp3) is 0.545. The van der Waals surface area contributed by atoms with Crippen molar-refractivity contribution in [1.29, 1.82) is 0 Å². The molecule has 1 aromatic heterocycles. The summed E-state index contributed by atoms with van der Waals surface area (Å²) in [7, 11) is -4.94. The second-order valence-electron chi connectivity index (χ2n) is 3.79. The van der Waals surface area contributed by atoms with Crippen LogP contribution in [0.3, 0.4) is 0 Å². The van der Waals surface area contributed by atoms with E-state index in [-0.39, 0.29) is 0 Å². The second-order valence-corrected chi connectivity index (χ2v) is 4.54. The number of halogens is 1. The third-order valence-electron chi connectivity index (χ3n) is 2.53. The van der Waals surface area contributed by atoms with Crippen molar-refractivity contribution in [2.24, 2.45) is 0 Å². The number of hydrogen-bond acceptors (Lipinski definition) is 4. The first-order chi connectivity index (χ1) is 7.90. The lowest BCUT2D eigenvalue weighted by Gasteiger charge is -2.17. The fourth-order valence-corrected chi connectivity index (χ4v) is 1.77. The van der Waals surface area contributed by atoms with Crippen LogP contribution in [0.25, 0.3) is 0 Å². The van der Waals surface area contributed by atoms with Crippen molar-refractivity contribution in [3.8, 4) is 0 Å². The summed E-state index contributed by atoms with van der Waals surface area (Å²) < 4.78 is 39.7. The summed E-state index contributed by atoms with van der Waals surface area (Å²) in [5.74, 6) is 2.36. The molecule has 6 heteroatoms. The van der Waals surface area contributed by atoms with Gasteiger partial charge in [0.25, 0.3) is 0 Å². The van der Waals surface area contributed by atoms with E-state index in [4.69, 9.17) is 23.1 Å². The third kappa shape index (κ3) is 5.95. The zero-order valence-corrected chi connectivity index (χ0v) is 10.4. The van der Waals surface area contributed by atoms with Crippen molar-refractivity contribution in [3.63, 3.8) is 0 Å². The van der Waals surface area contributed by atoms with Crippen molar-refractivity contribution in [1.82, 2.24) is 0 Å². The maximum Gasteiger partial charge on any atom is 0.332 e. The maximum atomic E-state index is 8.49. The van der Waals surface area contributed by atoms with Crippen molar-refractivity contribution in [2.75, 3.05) is 0 Å². The summed E-state index contributed by atoms with van der Waals surface area (Å²) in [6, 6.07) is 4.35. The zero-order valence-electron chi connectivity index (χ0n) is 9.61.